The van der Waals surface area contributed by atoms with E-state index in [2.05, 4.69) is 180 Å². The number of nitrogens with zero attached hydrogens (tertiary/aromatic N) is 1. The van der Waals surface area contributed by atoms with Crippen LogP contribution in [0.15, 0.2) is 186 Å². The van der Waals surface area contributed by atoms with E-state index in [-0.39, 0.29) is 0 Å². The summed E-state index contributed by atoms with van der Waals surface area (Å²) in [5.74, 6) is 0. The Balaban J connectivity index is 1.16. The zero-order valence-electron chi connectivity index (χ0n) is 27.1. The van der Waals surface area contributed by atoms with Gasteiger partial charge in [0.25, 0.3) is 0 Å². The molecule has 0 saturated heterocycles. The molecule has 10 aromatic rings. The van der Waals surface area contributed by atoms with Gasteiger partial charge in [-0.05, 0) is 79.9 Å². The van der Waals surface area contributed by atoms with Gasteiger partial charge in [-0.25, -0.2) is 0 Å². The number of aromatic nitrogens is 1. The summed E-state index contributed by atoms with van der Waals surface area (Å²) in [5, 5.41) is 10.2. The largest absolute Gasteiger partial charge is 0.308 e. The highest BCUT2D eigenvalue weighted by Crippen LogP contribution is 2.50. The lowest BCUT2D eigenvalue weighted by Crippen LogP contribution is -1.95. The van der Waals surface area contributed by atoms with Crippen molar-refractivity contribution >= 4 is 65.9 Å². The standard InChI is InChI=1S/C48H29NS/c1-2-13-34(14-3-1)49-47-36-15-6-4-11-30(36)25-26-41(47)46-42(29-33-12-5-7-16-37(33)48(46)49)32-23-21-31(22-24-32)35-27-28-44-45-39(35)18-10-19-40(45)38-17-8-9-20-43(38)50-44/h1-29H. The van der Waals surface area contributed by atoms with Crippen LogP contribution >= 0.6 is 11.8 Å². The van der Waals surface area contributed by atoms with Gasteiger partial charge in [0.2, 0.25) is 0 Å². The fraction of sp³-hybridized carbons (Fsp3) is 0. The van der Waals surface area contributed by atoms with E-state index in [1.807, 2.05) is 11.8 Å². The van der Waals surface area contributed by atoms with Crippen molar-refractivity contribution < 1.29 is 0 Å². The third-order valence-electron chi connectivity index (χ3n) is 10.6. The SMILES string of the molecule is c1ccc(-n2c3c4ccccc4ccc3c3c(-c4ccc(-c5ccc6c7c(cccc57)-c5ccccc5S6)cc4)cc4ccccc4c32)cc1. The van der Waals surface area contributed by atoms with Crippen molar-refractivity contribution in [3.63, 3.8) is 0 Å². The maximum absolute atomic E-state index is 2.50. The molecule has 1 aliphatic rings. The summed E-state index contributed by atoms with van der Waals surface area (Å²) in [6, 6.07) is 64.9. The molecule has 1 nitrogen and oxygen atoms in total. The van der Waals surface area contributed by atoms with Crippen LogP contribution < -0.4 is 0 Å². The third-order valence-corrected chi connectivity index (χ3v) is 11.7. The predicted octanol–water partition coefficient (Wildman–Crippen LogP) is 13.7. The topological polar surface area (TPSA) is 4.93 Å². The van der Waals surface area contributed by atoms with Crippen molar-refractivity contribution in [1.82, 2.24) is 4.57 Å². The smallest absolute Gasteiger partial charge is 0.0625 e. The van der Waals surface area contributed by atoms with E-state index >= 15 is 0 Å². The first kappa shape index (κ1) is 27.8. The molecule has 9 aromatic carbocycles. The van der Waals surface area contributed by atoms with Crippen molar-refractivity contribution in [1.29, 1.82) is 0 Å². The highest BCUT2D eigenvalue weighted by atomic mass is 32.2. The van der Waals surface area contributed by atoms with Crippen LogP contribution in [0.2, 0.25) is 0 Å². The van der Waals surface area contributed by atoms with Crippen LogP contribution in [0.3, 0.4) is 0 Å². The minimum atomic E-state index is 1.17. The van der Waals surface area contributed by atoms with Crippen molar-refractivity contribution in [2.45, 2.75) is 9.79 Å². The summed E-state index contributed by atoms with van der Waals surface area (Å²) in [5.41, 5.74) is 11.3. The zero-order chi connectivity index (χ0) is 32.8. The third kappa shape index (κ3) is 3.97. The van der Waals surface area contributed by atoms with Crippen molar-refractivity contribution in [3.05, 3.63) is 176 Å². The maximum atomic E-state index is 2.50. The fourth-order valence-electron chi connectivity index (χ4n) is 8.37. The minimum absolute atomic E-state index is 1.17. The van der Waals surface area contributed by atoms with E-state index in [9.17, 15) is 0 Å². The molecule has 0 spiro atoms. The molecule has 0 amide bonds. The fourth-order valence-corrected chi connectivity index (χ4v) is 9.50. The van der Waals surface area contributed by atoms with E-state index in [0.29, 0.717) is 0 Å². The molecule has 11 rings (SSSR count). The lowest BCUT2D eigenvalue weighted by atomic mass is 9.91. The predicted molar refractivity (Wildman–Crippen MR) is 214 cm³/mol. The van der Waals surface area contributed by atoms with Gasteiger partial charge in [-0.2, -0.15) is 0 Å². The van der Waals surface area contributed by atoms with Gasteiger partial charge in [0, 0.05) is 42.4 Å². The van der Waals surface area contributed by atoms with Gasteiger partial charge in [0.05, 0.1) is 11.0 Å². The second-order valence-electron chi connectivity index (χ2n) is 13.2. The Morgan fingerprint density at radius 1 is 0.340 bits per heavy atom. The first-order valence-corrected chi connectivity index (χ1v) is 18.0. The van der Waals surface area contributed by atoms with Crippen LogP contribution in [0.25, 0.3) is 93.2 Å². The number of hydrogen-bond donors (Lipinski definition) is 0. The Kier molecular flexibility index (Phi) is 5.96. The van der Waals surface area contributed by atoms with Gasteiger partial charge < -0.3 is 4.57 Å². The van der Waals surface area contributed by atoms with Crippen LogP contribution in [-0.2, 0) is 0 Å². The monoisotopic (exact) mass is 651 g/mol. The zero-order valence-corrected chi connectivity index (χ0v) is 27.9. The molecule has 2 heterocycles. The highest BCUT2D eigenvalue weighted by Gasteiger charge is 2.22. The van der Waals surface area contributed by atoms with E-state index in [4.69, 9.17) is 0 Å². The van der Waals surface area contributed by atoms with E-state index < -0.39 is 0 Å². The molecular formula is C48H29NS. The second kappa shape index (κ2) is 10.7. The second-order valence-corrected chi connectivity index (χ2v) is 14.3. The maximum Gasteiger partial charge on any atom is 0.0625 e. The quantitative estimate of drug-likeness (QED) is 0.184. The van der Waals surface area contributed by atoms with Gasteiger partial charge in [0.1, 0.15) is 0 Å². The average molecular weight is 652 g/mol. The van der Waals surface area contributed by atoms with E-state index in [1.165, 1.54) is 103 Å². The van der Waals surface area contributed by atoms with Gasteiger partial charge in [0.15, 0.2) is 0 Å². The molecule has 2 heteroatoms. The molecular weight excluding hydrogens is 623 g/mol. The molecule has 0 atom stereocenters. The molecule has 232 valence electrons. The Morgan fingerprint density at radius 2 is 1.00 bits per heavy atom. The van der Waals surface area contributed by atoms with Crippen LogP contribution in [0.1, 0.15) is 0 Å². The Labute approximate surface area is 294 Å². The molecule has 1 aromatic heterocycles. The Bertz CT molecular complexity index is 2990. The summed E-state index contributed by atoms with van der Waals surface area (Å²) in [6.45, 7) is 0. The van der Waals surface area contributed by atoms with E-state index in [0.717, 1.165) is 0 Å². The summed E-state index contributed by atoms with van der Waals surface area (Å²) < 4.78 is 2.50. The average Bonchev–Trinajstić information content (AvgIpc) is 3.55. The summed E-state index contributed by atoms with van der Waals surface area (Å²) in [6.07, 6.45) is 0. The molecule has 1 aliphatic heterocycles. The molecule has 0 unspecified atom stereocenters. The van der Waals surface area contributed by atoms with E-state index in [1.54, 1.807) is 0 Å². The lowest BCUT2D eigenvalue weighted by molar-refractivity contribution is 1.19. The molecule has 0 bridgehead atoms. The number of benzene rings is 9. The number of fused-ring (bicyclic) bond motifs is 9. The number of hydrogen-bond acceptors (Lipinski definition) is 1. The number of para-hydroxylation sites is 1. The lowest BCUT2D eigenvalue weighted by Gasteiger charge is -2.21. The van der Waals surface area contributed by atoms with Crippen molar-refractivity contribution in [2.24, 2.45) is 0 Å². The first-order valence-electron chi connectivity index (χ1n) is 17.2. The highest BCUT2D eigenvalue weighted by molar-refractivity contribution is 7.99. The van der Waals surface area contributed by atoms with Crippen LogP contribution in [0.5, 0.6) is 0 Å². The minimum Gasteiger partial charge on any atom is -0.308 e. The first-order chi connectivity index (χ1) is 24.8. The summed E-state index contributed by atoms with van der Waals surface area (Å²) >= 11 is 1.88. The van der Waals surface area contributed by atoms with Crippen molar-refractivity contribution in [2.75, 3.05) is 0 Å². The molecule has 0 saturated carbocycles. The summed E-state index contributed by atoms with van der Waals surface area (Å²) in [7, 11) is 0. The molecule has 0 fully saturated rings. The summed E-state index contributed by atoms with van der Waals surface area (Å²) in [4.78, 5) is 2.66. The van der Waals surface area contributed by atoms with Gasteiger partial charge in [-0.15, -0.1) is 0 Å². The van der Waals surface area contributed by atoms with Crippen LogP contribution in [-0.4, -0.2) is 4.57 Å². The van der Waals surface area contributed by atoms with Crippen LogP contribution in [0, 0.1) is 0 Å². The molecule has 50 heavy (non-hydrogen) atoms. The van der Waals surface area contributed by atoms with Gasteiger partial charge in [-0.1, -0.05) is 157 Å². The van der Waals surface area contributed by atoms with Crippen LogP contribution in [0.4, 0.5) is 0 Å². The molecule has 0 N–H and O–H groups in total. The number of rotatable bonds is 3. The van der Waals surface area contributed by atoms with Gasteiger partial charge in [-0.3, -0.25) is 0 Å². The molecule has 0 radical (unpaired) electrons. The molecule has 0 aliphatic carbocycles. The van der Waals surface area contributed by atoms with Gasteiger partial charge >= 0.3 is 0 Å². The Morgan fingerprint density at radius 3 is 1.84 bits per heavy atom. The van der Waals surface area contributed by atoms with Crippen molar-refractivity contribution in [3.8, 4) is 39.1 Å². The normalized spacial score (nSPS) is 12.3. The Hall–Kier alpha value is -6.09.